The quantitative estimate of drug-likeness (QED) is 0.284. The van der Waals surface area contributed by atoms with E-state index in [0.29, 0.717) is 0 Å². The molecule has 142 valence electrons. The molecular weight excluding hydrogens is 428 g/mol. The molecule has 4 N–H and O–H groups in total. The molecule has 20 heteroatoms. The maximum atomic E-state index is 11.3. The first-order chi connectivity index (χ1) is 10.3. The first-order valence-corrected chi connectivity index (χ1v) is 10.4. The fraction of sp³-hybridized carbons (Fsp3) is 0.500. The Morgan fingerprint density at radius 3 is 0.833 bits per heavy atom. The highest BCUT2D eigenvalue weighted by molar-refractivity contribution is 8.00. The van der Waals surface area contributed by atoms with Gasteiger partial charge in [0.25, 0.3) is 11.8 Å². The van der Waals surface area contributed by atoms with E-state index in [1.807, 2.05) is 0 Å². The van der Waals surface area contributed by atoms with Crippen molar-refractivity contribution in [1.29, 1.82) is 0 Å². The standard InChI is InChI=1S/C4H8N2O14S4/c7-3(5(21(9,10)11)22(12,13)14)1-2-4(8)6(23(15,16)17)24(18,19)20/h1-2H2,(H,9,10,11)(H,12,13,14)(H,15,16,17)(H,18,19,20). The zero-order valence-corrected chi connectivity index (χ0v) is 14.1. The van der Waals surface area contributed by atoms with E-state index in [9.17, 15) is 43.3 Å². The number of hydrogen-bond acceptors (Lipinski definition) is 10. The van der Waals surface area contributed by atoms with Gasteiger partial charge in [-0.2, -0.15) is 33.7 Å². The van der Waals surface area contributed by atoms with Crippen LogP contribution in [0.5, 0.6) is 0 Å². The maximum absolute atomic E-state index is 11.3. The number of nitrogens with zero attached hydrogens (tertiary/aromatic N) is 2. The van der Waals surface area contributed by atoms with Crippen LogP contribution in [0.3, 0.4) is 0 Å². The molecule has 0 aliphatic heterocycles. The van der Waals surface area contributed by atoms with E-state index in [1.165, 1.54) is 0 Å². The van der Waals surface area contributed by atoms with E-state index in [1.54, 1.807) is 0 Å². The molecule has 0 aliphatic carbocycles. The lowest BCUT2D eigenvalue weighted by atomic mass is 10.3. The molecule has 0 unspecified atom stereocenters. The van der Waals surface area contributed by atoms with Gasteiger partial charge in [0.2, 0.25) is 0 Å². The van der Waals surface area contributed by atoms with Gasteiger partial charge in [0, 0.05) is 12.8 Å². The molecule has 0 aliphatic rings. The first-order valence-electron chi connectivity index (χ1n) is 4.86. The van der Waals surface area contributed by atoms with Crippen molar-refractivity contribution in [3.05, 3.63) is 0 Å². The van der Waals surface area contributed by atoms with Crippen LogP contribution in [0, 0.1) is 0 Å². The van der Waals surface area contributed by atoms with Crippen LogP contribution in [0.2, 0.25) is 0 Å². The molecule has 16 nitrogen and oxygen atoms in total. The molecule has 0 atom stereocenters. The Hall–Kier alpha value is -1.42. The number of hydrogen-bond donors (Lipinski definition) is 4. The van der Waals surface area contributed by atoms with Gasteiger partial charge in [-0.15, -0.1) is 0 Å². The Morgan fingerprint density at radius 2 is 0.708 bits per heavy atom. The lowest BCUT2D eigenvalue weighted by Crippen LogP contribution is -2.43. The first kappa shape index (κ1) is 22.6. The molecule has 0 radical (unpaired) electrons. The summed E-state index contributed by atoms with van der Waals surface area (Å²) in [6.07, 6.45) is -3.17. The summed E-state index contributed by atoms with van der Waals surface area (Å²) < 4.78 is 116. The van der Waals surface area contributed by atoms with Crippen LogP contribution in [0.25, 0.3) is 0 Å². The molecule has 0 rings (SSSR count). The highest BCUT2D eigenvalue weighted by atomic mass is 32.3. The van der Waals surface area contributed by atoms with Crippen LogP contribution in [-0.4, -0.2) is 71.1 Å². The number of carbonyl (C=O) groups excluding carboxylic acids is 2. The van der Waals surface area contributed by atoms with E-state index >= 15 is 0 Å². The summed E-state index contributed by atoms with van der Waals surface area (Å²) in [7, 11) is -23.4. The molecule has 24 heavy (non-hydrogen) atoms. The van der Waals surface area contributed by atoms with Crippen molar-refractivity contribution in [2.45, 2.75) is 12.8 Å². The summed E-state index contributed by atoms with van der Waals surface area (Å²) in [5, 5.41) is 0. The summed E-state index contributed by atoms with van der Waals surface area (Å²) in [5.41, 5.74) is 0. The van der Waals surface area contributed by atoms with Crippen molar-refractivity contribution < 1.29 is 61.5 Å². The summed E-state index contributed by atoms with van der Waals surface area (Å²) in [5.74, 6) is -4.39. The van der Waals surface area contributed by atoms with E-state index in [0.717, 1.165) is 0 Å². The topological polar surface area (TPSA) is 258 Å². The predicted octanol–water partition coefficient (Wildman–Crippen LogP) is -3.36. The monoisotopic (exact) mass is 436 g/mol. The smallest absolute Gasteiger partial charge is 0.273 e. The Balaban J connectivity index is 5.54. The fourth-order valence-electron chi connectivity index (χ4n) is 1.15. The predicted molar refractivity (Wildman–Crippen MR) is 69.1 cm³/mol. The molecule has 0 saturated carbocycles. The second-order valence-electron chi connectivity index (χ2n) is 3.59. The van der Waals surface area contributed by atoms with Gasteiger partial charge in [-0.1, -0.05) is 7.42 Å². The second kappa shape index (κ2) is 6.83. The minimum absolute atomic E-state index is 1.47. The minimum Gasteiger partial charge on any atom is -0.273 e. The third-order valence-corrected chi connectivity index (χ3v) is 6.55. The van der Waals surface area contributed by atoms with Gasteiger partial charge in [0.1, 0.15) is 0 Å². The Bertz CT molecular complexity index is 794. The van der Waals surface area contributed by atoms with Gasteiger partial charge >= 0.3 is 41.2 Å². The molecule has 0 spiro atoms. The van der Waals surface area contributed by atoms with E-state index in [4.69, 9.17) is 18.2 Å². The number of rotatable bonds is 7. The van der Waals surface area contributed by atoms with Gasteiger partial charge < -0.3 is 0 Å². The molecule has 0 fully saturated rings. The molecule has 2 amide bonds. The third-order valence-electron chi connectivity index (χ3n) is 1.80. The lowest BCUT2D eigenvalue weighted by Gasteiger charge is -2.16. The summed E-state index contributed by atoms with van der Waals surface area (Å²) in [6.45, 7) is 0. The molecule has 0 aromatic rings. The Kier molecular flexibility index (Phi) is 6.43. The largest absolute Gasteiger partial charge is 0.377 e. The molecule has 0 aromatic heterocycles. The summed E-state index contributed by atoms with van der Waals surface area (Å²) >= 11 is 0. The maximum Gasteiger partial charge on any atom is 0.377 e. The normalized spacial score (nSPS) is 13.3. The van der Waals surface area contributed by atoms with Crippen molar-refractivity contribution >= 4 is 53.0 Å². The average Bonchev–Trinajstić information content (AvgIpc) is 2.17. The average molecular weight is 436 g/mol. The second-order valence-corrected chi connectivity index (χ2v) is 9.10. The number of amides is 2. The van der Waals surface area contributed by atoms with Gasteiger partial charge in [-0.25, -0.2) is 0 Å². The van der Waals surface area contributed by atoms with Crippen LogP contribution in [0.4, 0.5) is 0 Å². The van der Waals surface area contributed by atoms with Crippen LogP contribution >= 0.6 is 0 Å². The lowest BCUT2D eigenvalue weighted by molar-refractivity contribution is -0.129. The Labute approximate surface area is 135 Å². The summed E-state index contributed by atoms with van der Waals surface area (Å²) in [6, 6.07) is 0. The molecule has 0 saturated heterocycles. The Morgan fingerprint density at radius 1 is 0.542 bits per heavy atom. The highest BCUT2D eigenvalue weighted by Crippen LogP contribution is 2.13. The van der Waals surface area contributed by atoms with Gasteiger partial charge in [0.05, 0.1) is 0 Å². The van der Waals surface area contributed by atoms with Gasteiger partial charge in [-0.05, 0) is 0 Å². The zero-order valence-electron chi connectivity index (χ0n) is 10.8. The fourth-order valence-corrected chi connectivity index (χ4v) is 4.45. The van der Waals surface area contributed by atoms with Gasteiger partial charge in [-0.3, -0.25) is 27.8 Å². The molecule has 0 aromatic carbocycles. The summed E-state index contributed by atoms with van der Waals surface area (Å²) in [4.78, 5) is 22.6. The van der Waals surface area contributed by atoms with E-state index in [2.05, 4.69) is 0 Å². The molecule has 0 bridgehead atoms. The third kappa shape index (κ3) is 6.23. The SMILES string of the molecule is O=C(CCC(=O)N(S(=O)(=O)O)S(=O)(=O)O)N(S(=O)(=O)O)S(=O)(=O)O. The zero-order chi connectivity index (χ0) is 19.7. The van der Waals surface area contributed by atoms with Crippen LogP contribution in [0.1, 0.15) is 12.8 Å². The van der Waals surface area contributed by atoms with Crippen LogP contribution in [-0.2, 0) is 50.8 Å². The van der Waals surface area contributed by atoms with Crippen LogP contribution in [0.15, 0.2) is 0 Å². The number of carbonyl (C=O) groups is 2. The van der Waals surface area contributed by atoms with E-state index < -0.39 is 73.3 Å². The van der Waals surface area contributed by atoms with E-state index in [-0.39, 0.29) is 0 Å². The van der Waals surface area contributed by atoms with Crippen molar-refractivity contribution in [2.24, 2.45) is 0 Å². The van der Waals surface area contributed by atoms with Crippen molar-refractivity contribution in [2.75, 3.05) is 0 Å². The molecule has 0 heterocycles. The molecular formula is C4H8N2O14S4. The van der Waals surface area contributed by atoms with Crippen LogP contribution < -0.4 is 0 Å². The van der Waals surface area contributed by atoms with Crippen molar-refractivity contribution in [1.82, 2.24) is 7.42 Å². The van der Waals surface area contributed by atoms with Gasteiger partial charge in [0.15, 0.2) is 0 Å². The van der Waals surface area contributed by atoms with Crippen molar-refractivity contribution in [3.63, 3.8) is 0 Å². The minimum atomic E-state index is -5.86. The van der Waals surface area contributed by atoms with Crippen molar-refractivity contribution in [3.8, 4) is 0 Å². The highest BCUT2D eigenvalue weighted by Gasteiger charge is 2.39.